The van der Waals surface area contributed by atoms with E-state index in [-0.39, 0.29) is 6.10 Å². The van der Waals surface area contributed by atoms with Gasteiger partial charge in [0, 0.05) is 24.6 Å². The molecular weight excluding hydrogens is 318 g/mol. The topological polar surface area (TPSA) is 45.7 Å². The van der Waals surface area contributed by atoms with Gasteiger partial charge in [-0.2, -0.15) is 0 Å². The highest BCUT2D eigenvalue weighted by Gasteiger charge is 2.04. The number of benzene rings is 1. The molecule has 1 atom stereocenters. The summed E-state index contributed by atoms with van der Waals surface area (Å²) in [6, 6.07) is 14.5. The summed E-state index contributed by atoms with van der Waals surface area (Å²) in [7, 11) is 0. The first-order valence-electron chi connectivity index (χ1n) is 8.50. The summed E-state index contributed by atoms with van der Waals surface area (Å²) in [6.07, 6.45) is 1.08. The lowest BCUT2D eigenvalue weighted by Crippen LogP contribution is -2.38. The van der Waals surface area contributed by atoms with Gasteiger partial charge < -0.3 is 15.4 Å². The summed E-state index contributed by atoms with van der Waals surface area (Å²) in [5, 5.41) is 8.71. The molecule has 2 rings (SSSR count). The summed E-state index contributed by atoms with van der Waals surface area (Å²) in [4.78, 5) is 5.87. The molecule has 1 unspecified atom stereocenters. The standard InChI is InChI=1S/C19H27N3OS/c1-3-20-19(22-15-18-11-7-14-24-18)21-12-8-13-23-16(2)17-9-5-4-6-10-17/h4-7,9-11,14,16H,3,8,12-13,15H2,1-2H3,(H2,20,21,22). The van der Waals surface area contributed by atoms with Crippen molar-refractivity contribution in [2.24, 2.45) is 4.99 Å². The molecule has 0 spiro atoms. The van der Waals surface area contributed by atoms with E-state index in [1.54, 1.807) is 11.3 Å². The number of nitrogens with one attached hydrogen (secondary N) is 2. The fraction of sp³-hybridized carbons (Fsp3) is 0.421. The van der Waals surface area contributed by atoms with Crippen molar-refractivity contribution in [3.63, 3.8) is 0 Å². The Morgan fingerprint density at radius 2 is 2.00 bits per heavy atom. The third-order valence-corrected chi connectivity index (χ3v) is 4.43. The average Bonchev–Trinajstić information content (AvgIpc) is 3.13. The van der Waals surface area contributed by atoms with Crippen molar-refractivity contribution in [2.45, 2.75) is 32.9 Å². The van der Waals surface area contributed by atoms with E-state index in [4.69, 9.17) is 4.74 Å². The van der Waals surface area contributed by atoms with Gasteiger partial charge >= 0.3 is 0 Å². The van der Waals surface area contributed by atoms with Gasteiger partial charge in [0.2, 0.25) is 0 Å². The van der Waals surface area contributed by atoms with E-state index in [2.05, 4.69) is 59.1 Å². The zero-order valence-electron chi connectivity index (χ0n) is 14.5. The Morgan fingerprint density at radius 1 is 1.17 bits per heavy atom. The van der Waals surface area contributed by atoms with Gasteiger partial charge in [-0.25, -0.2) is 4.99 Å². The van der Waals surface area contributed by atoms with Crippen LogP contribution >= 0.6 is 11.3 Å². The molecule has 0 saturated carbocycles. The summed E-state index contributed by atoms with van der Waals surface area (Å²) in [6.45, 7) is 7.32. The van der Waals surface area contributed by atoms with Crippen molar-refractivity contribution in [3.05, 3.63) is 58.3 Å². The Bertz CT molecular complexity index is 584. The summed E-state index contributed by atoms with van der Waals surface area (Å²) in [5.74, 6) is 0.863. The lowest BCUT2D eigenvalue weighted by atomic mass is 10.1. The quantitative estimate of drug-likeness (QED) is 0.411. The molecule has 130 valence electrons. The summed E-state index contributed by atoms with van der Waals surface area (Å²) >= 11 is 1.73. The Labute approximate surface area is 149 Å². The van der Waals surface area contributed by atoms with Crippen molar-refractivity contribution in [1.82, 2.24) is 10.6 Å². The predicted octanol–water partition coefficient (Wildman–Crippen LogP) is 3.97. The molecule has 1 aromatic carbocycles. The van der Waals surface area contributed by atoms with E-state index < -0.39 is 0 Å². The number of rotatable bonds is 9. The van der Waals surface area contributed by atoms with Crippen LogP contribution in [0, 0.1) is 0 Å². The lowest BCUT2D eigenvalue weighted by molar-refractivity contribution is 0.0646. The Balaban J connectivity index is 1.66. The molecule has 0 radical (unpaired) electrons. The van der Waals surface area contributed by atoms with E-state index >= 15 is 0 Å². The average molecular weight is 346 g/mol. The molecule has 5 heteroatoms. The van der Waals surface area contributed by atoms with Crippen molar-refractivity contribution in [3.8, 4) is 0 Å². The lowest BCUT2D eigenvalue weighted by Gasteiger charge is -2.14. The largest absolute Gasteiger partial charge is 0.374 e. The van der Waals surface area contributed by atoms with Crippen LogP contribution in [0.3, 0.4) is 0 Å². The normalized spacial score (nSPS) is 12.8. The highest BCUT2D eigenvalue weighted by Crippen LogP contribution is 2.15. The maximum absolute atomic E-state index is 5.89. The molecule has 0 fully saturated rings. The Hall–Kier alpha value is -1.85. The third kappa shape index (κ3) is 6.72. The molecule has 0 aliphatic rings. The van der Waals surface area contributed by atoms with Crippen LogP contribution in [0.2, 0.25) is 0 Å². The van der Waals surface area contributed by atoms with Gasteiger partial charge in [-0.1, -0.05) is 36.4 Å². The number of guanidine groups is 1. The Morgan fingerprint density at radius 3 is 2.71 bits per heavy atom. The molecule has 4 nitrogen and oxygen atoms in total. The molecule has 0 saturated heterocycles. The molecule has 0 amide bonds. The van der Waals surface area contributed by atoms with Crippen LogP contribution in [0.25, 0.3) is 0 Å². The number of aliphatic imine (C=N–C) groups is 1. The minimum absolute atomic E-state index is 0.131. The zero-order valence-corrected chi connectivity index (χ0v) is 15.3. The Kier molecular flexibility index (Phi) is 8.35. The molecule has 1 heterocycles. The molecular formula is C19H27N3OS. The minimum Gasteiger partial charge on any atom is -0.374 e. The number of thiophene rings is 1. The monoisotopic (exact) mass is 345 g/mol. The van der Waals surface area contributed by atoms with Crippen LogP contribution in [-0.4, -0.2) is 25.7 Å². The second-order valence-electron chi connectivity index (χ2n) is 5.48. The molecule has 24 heavy (non-hydrogen) atoms. The first-order chi connectivity index (χ1) is 11.8. The van der Waals surface area contributed by atoms with Gasteiger partial charge in [-0.15, -0.1) is 11.3 Å². The summed E-state index contributed by atoms with van der Waals surface area (Å²) in [5.41, 5.74) is 1.22. The van der Waals surface area contributed by atoms with Crippen molar-refractivity contribution in [2.75, 3.05) is 19.7 Å². The van der Waals surface area contributed by atoms with Crippen molar-refractivity contribution >= 4 is 17.3 Å². The van der Waals surface area contributed by atoms with E-state index in [1.165, 1.54) is 10.4 Å². The second kappa shape index (κ2) is 10.8. The molecule has 0 aliphatic heterocycles. The maximum atomic E-state index is 5.89. The molecule has 1 aromatic heterocycles. The SMILES string of the molecule is CCNC(=NCc1cccs1)NCCCOC(C)c1ccccc1. The van der Waals surface area contributed by atoms with Crippen LogP contribution in [0.1, 0.15) is 36.8 Å². The van der Waals surface area contributed by atoms with Crippen LogP contribution < -0.4 is 10.6 Å². The van der Waals surface area contributed by atoms with Gasteiger partial charge in [-0.3, -0.25) is 0 Å². The van der Waals surface area contributed by atoms with E-state index in [0.29, 0.717) is 6.54 Å². The van der Waals surface area contributed by atoms with Crippen LogP contribution in [0.15, 0.2) is 52.8 Å². The number of ether oxygens (including phenoxy) is 1. The fourth-order valence-corrected chi connectivity index (χ4v) is 2.89. The summed E-state index contributed by atoms with van der Waals surface area (Å²) < 4.78 is 5.89. The highest BCUT2D eigenvalue weighted by molar-refractivity contribution is 7.09. The molecule has 0 bridgehead atoms. The van der Waals surface area contributed by atoms with Crippen molar-refractivity contribution < 1.29 is 4.74 Å². The number of nitrogens with zero attached hydrogens (tertiary/aromatic N) is 1. The number of hydrogen-bond acceptors (Lipinski definition) is 3. The molecule has 0 aliphatic carbocycles. The second-order valence-corrected chi connectivity index (χ2v) is 6.51. The third-order valence-electron chi connectivity index (χ3n) is 3.57. The van der Waals surface area contributed by atoms with Crippen LogP contribution in [-0.2, 0) is 11.3 Å². The van der Waals surface area contributed by atoms with E-state index in [9.17, 15) is 0 Å². The van der Waals surface area contributed by atoms with Gasteiger partial charge in [0.1, 0.15) is 0 Å². The highest BCUT2D eigenvalue weighted by atomic mass is 32.1. The number of hydrogen-bond donors (Lipinski definition) is 2. The zero-order chi connectivity index (χ0) is 17.0. The first-order valence-corrected chi connectivity index (χ1v) is 9.38. The van der Waals surface area contributed by atoms with Gasteiger partial charge in [0.05, 0.1) is 12.6 Å². The van der Waals surface area contributed by atoms with Crippen LogP contribution in [0.5, 0.6) is 0 Å². The predicted molar refractivity (Wildman–Crippen MR) is 103 cm³/mol. The smallest absolute Gasteiger partial charge is 0.191 e. The van der Waals surface area contributed by atoms with E-state index in [1.807, 2.05) is 18.2 Å². The van der Waals surface area contributed by atoms with E-state index in [0.717, 1.165) is 32.1 Å². The maximum Gasteiger partial charge on any atom is 0.191 e. The van der Waals surface area contributed by atoms with Gasteiger partial charge in [-0.05, 0) is 37.3 Å². The van der Waals surface area contributed by atoms with Gasteiger partial charge in [0.25, 0.3) is 0 Å². The van der Waals surface area contributed by atoms with Gasteiger partial charge in [0.15, 0.2) is 5.96 Å². The minimum atomic E-state index is 0.131. The molecule has 2 aromatic rings. The van der Waals surface area contributed by atoms with Crippen molar-refractivity contribution in [1.29, 1.82) is 0 Å². The molecule has 2 N–H and O–H groups in total. The fourth-order valence-electron chi connectivity index (χ4n) is 2.26. The first kappa shape index (κ1) is 18.5. The van der Waals surface area contributed by atoms with Crippen LogP contribution in [0.4, 0.5) is 0 Å².